The first-order valence-electron chi connectivity index (χ1n) is 7.24. The van der Waals surface area contributed by atoms with Crippen LogP contribution in [0.5, 0.6) is 5.75 Å². The molecule has 2 aromatic carbocycles. The average molecular weight is 283 g/mol. The number of carbonyl (C=O) groups excluding carboxylic acids is 1. The van der Waals surface area contributed by atoms with E-state index in [4.69, 9.17) is 4.74 Å². The van der Waals surface area contributed by atoms with Gasteiger partial charge in [-0.05, 0) is 36.2 Å². The van der Waals surface area contributed by atoms with E-state index >= 15 is 0 Å². The first-order chi connectivity index (χ1) is 10.2. The Balaban J connectivity index is 2.10. The van der Waals surface area contributed by atoms with Gasteiger partial charge in [-0.3, -0.25) is 4.79 Å². The zero-order valence-corrected chi connectivity index (χ0v) is 12.5. The smallest absolute Gasteiger partial charge is 0.251 e. The third-order valence-electron chi connectivity index (χ3n) is 3.44. The molecule has 0 saturated carbocycles. The van der Waals surface area contributed by atoms with Gasteiger partial charge < -0.3 is 10.1 Å². The molecule has 0 radical (unpaired) electrons. The summed E-state index contributed by atoms with van der Waals surface area (Å²) in [5.41, 5.74) is 1.79. The molecule has 0 spiro atoms. The van der Waals surface area contributed by atoms with Crippen LogP contribution in [0, 0.1) is 0 Å². The molecule has 1 N–H and O–H groups in total. The van der Waals surface area contributed by atoms with Crippen LogP contribution >= 0.6 is 0 Å². The maximum Gasteiger partial charge on any atom is 0.251 e. The van der Waals surface area contributed by atoms with Crippen LogP contribution in [0.1, 0.15) is 41.7 Å². The Morgan fingerprint density at radius 1 is 1.10 bits per heavy atom. The minimum atomic E-state index is -0.0556. The van der Waals surface area contributed by atoms with Crippen molar-refractivity contribution in [1.29, 1.82) is 0 Å². The van der Waals surface area contributed by atoms with Crippen LogP contribution in [0.25, 0.3) is 0 Å². The summed E-state index contributed by atoms with van der Waals surface area (Å²) in [5.74, 6) is 0.694. The zero-order valence-electron chi connectivity index (χ0n) is 12.5. The van der Waals surface area contributed by atoms with E-state index in [9.17, 15) is 4.79 Å². The molecule has 2 rings (SSSR count). The summed E-state index contributed by atoms with van der Waals surface area (Å²) in [6, 6.07) is 17.3. The van der Waals surface area contributed by atoms with Crippen molar-refractivity contribution in [1.82, 2.24) is 5.32 Å². The third-order valence-corrected chi connectivity index (χ3v) is 3.44. The Morgan fingerprint density at radius 2 is 1.76 bits per heavy atom. The van der Waals surface area contributed by atoms with Crippen molar-refractivity contribution in [2.24, 2.45) is 0 Å². The van der Waals surface area contributed by atoms with Gasteiger partial charge in [0.15, 0.2) is 0 Å². The highest BCUT2D eigenvalue weighted by Crippen LogP contribution is 2.19. The van der Waals surface area contributed by atoms with E-state index in [1.165, 1.54) is 0 Å². The van der Waals surface area contributed by atoms with Gasteiger partial charge in [0.05, 0.1) is 13.2 Å². The lowest BCUT2D eigenvalue weighted by Gasteiger charge is -2.18. The quantitative estimate of drug-likeness (QED) is 0.871. The van der Waals surface area contributed by atoms with E-state index in [1.54, 1.807) is 31.4 Å². The molecule has 0 bridgehead atoms. The first kappa shape index (κ1) is 15.1. The van der Waals surface area contributed by atoms with Crippen molar-refractivity contribution in [2.45, 2.75) is 25.8 Å². The molecule has 0 aliphatic carbocycles. The number of carbonyl (C=O) groups is 1. The lowest BCUT2D eigenvalue weighted by Crippen LogP contribution is -2.28. The number of hydrogen-bond donors (Lipinski definition) is 1. The fraction of sp³-hybridized carbons (Fsp3) is 0.278. The molecule has 0 saturated heterocycles. The molecule has 110 valence electrons. The number of hydrogen-bond acceptors (Lipinski definition) is 2. The predicted octanol–water partition coefficient (Wildman–Crippen LogP) is 3.97. The molecule has 3 heteroatoms. The SMILES string of the molecule is CCCC(NC(=O)c1ccc(OC)cc1)c1ccccc1. The van der Waals surface area contributed by atoms with Crippen LogP contribution in [-0.4, -0.2) is 13.0 Å². The normalized spacial score (nSPS) is 11.7. The summed E-state index contributed by atoms with van der Waals surface area (Å²) in [6.45, 7) is 2.12. The summed E-state index contributed by atoms with van der Waals surface area (Å²) in [5, 5.41) is 3.11. The van der Waals surface area contributed by atoms with Gasteiger partial charge in [-0.25, -0.2) is 0 Å². The fourth-order valence-corrected chi connectivity index (χ4v) is 2.28. The number of rotatable bonds is 6. The molecule has 0 fully saturated rings. The van der Waals surface area contributed by atoms with Gasteiger partial charge >= 0.3 is 0 Å². The Bertz CT molecular complexity index is 564. The Labute approximate surface area is 126 Å². The fourth-order valence-electron chi connectivity index (χ4n) is 2.28. The lowest BCUT2D eigenvalue weighted by atomic mass is 10.0. The van der Waals surface area contributed by atoms with Crippen molar-refractivity contribution in [3.8, 4) is 5.75 Å². The van der Waals surface area contributed by atoms with Crippen molar-refractivity contribution >= 4 is 5.91 Å². The Morgan fingerprint density at radius 3 is 2.33 bits per heavy atom. The highest BCUT2D eigenvalue weighted by atomic mass is 16.5. The molecule has 2 aromatic rings. The van der Waals surface area contributed by atoms with Crippen molar-refractivity contribution in [3.63, 3.8) is 0 Å². The minimum absolute atomic E-state index is 0.0470. The highest BCUT2D eigenvalue weighted by molar-refractivity contribution is 5.94. The van der Waals surface area contributed by atoms with E-state index in [2.05, 4.69) is 24.4 Å². The van der Waals surface area contributed by atoms with Gasteiger partial charge in [-0.2, -0.15) is 0 Å². The van der Waals surface area contributed by atoms with E-state index < -0.39 is 0 Å². The van der Waals surface area contributed by atoms with E-state index in [-0.39, 0.29) is 11.9 Å². The van der Waals surface area contributed by atoms with Gasteiger partial charge in [0.2, 0.25) is 0 Å². The Kier molecular flexibility index (Phi) is 5.38. The summed E-state index contributed by atoms with van der Waals surface area (Å²) in [7, 11) is 1.61. The molecule has 1 amide bonds. The van der Waals surface area contributed by atoms with E-state index in [0.717, 1.165) is 24.2 Å². The molecular formula is C18H21NO2. The van der Waals surface area contributed by atoms with Crippen LogP contribution < -0.4 is 10.1 Å². The van der Waals surface area contributed by atoms with Gasteiger partial charge in [-0.1, -0.05) is 43.7 Å². The summed E-state index contributed by atoms with van der Waals surface area (Å²) in [6.07, 6.45) is 1.94. The van der Waals surface area contributed by atoms with Crippen LogP contribution in [0.15, 0.2) is 54.6 Å². The number of benzene rings is 2. The molecule has 0 heterocycles. The van der Waals surface area contributed by atoms with E-state index in [1.807, 2.05) is 18.2 Å². The second-order valence-corrected chi connectivity index (χ2v) is 4.95. The van der Waals surface area contributed by atoms with Gasteiger partial charge in [0.25, 0.3) is 5.91 Å². The summed E-state index contributed by atoms with van der Waals surface area (Å²) >= 11 is 0. The molecule has 0 aliphatic heterocycles. The third kappa shape index (κ3) is 4.09. The van der Waals surface area contributed by atoms with Crippen molar-refractivity contribution in [2.75, 3.05) is 7.11 Å². The highest BCUT2D eigenvalue weighted by Gasteiger charge is 2.14. The second kappa shape index (κ2) is 7.48. The number of nitrogens with one attached hydrogen (secondary N) is 1. The maximum atomic E-state index is 12.4. The number of amides is 1. The maximum absolute atomic E-state index is 12.4. The van der Waals surface area contributed by atoms with Crippen molar-refractivity contribution < 1.29 is 9.53 Å². The standard InChI is InChI=1S/C18H21NO2/c1-3-7-17(14-8-5-4-6-9-14)19-18(20)15-10-12-16(21-2)13-11-15/h4-6,8-13,17H,3,7H2,1-2H3,(H,19,20). The van der Waals surface area contributed by atoms with Gasteiger partial charge in [0.1, 0.15) is 5.75 Å². The van der Waals surface area contributed by atoms with Gasteiger partial charge in [0, 0.05) is 5.56 Å². The number of ether oxygens (including phenoxy) is 1. The predicted molar refractivity (Wildman–Crippen MR) is 84.6 cm³/mol. The molecule has 0 aromatic heterocycles. The van der Waals surface area contributed by atoms with Crippen LogP contribution in [0.3, 0.4) is 0 Å². The molecule has 1 unspecified atom stereocenters. The first-order valence-corrected chi connectivity index (χ1v) is 7.24. The van der Waals surface area contributed by atoms with Crippen LogP contribution in [0.2, 0.25) is 0 Å². The zero-order chi connectivity index (χ0) is 15.1. The van der Waals surface area contributed by atoms with Gasteiger partial charge in [-0.15, -0.1) is 0 Å². The molecule has 1 atom stereocenters. The van der Waals surface area contributed by atoms with Crippen molar-refractivity contribution in [3.05, 3.63) is 65.7 Å². The molecule has 21 heavy (non-hydrogen) atoms. The summed E-state index contributed by atoms with van der Waals surface area (Å²) in [4.78, 5) is 12.4. The Hall–Kier alpha value is -2.29. The monoisotopic (exact) mass is 283 g/mol. The topological polar surface area (TPSA) is 38.3 Å². The molecule has 0 aliphatic rings. The average Bonchev–Trinajstić information content (AvgIpc) is 2.55. The molecular weight excluding hydrogens is 262 g/mol. The van der Waals surface area contributed by atoms with Crippen LogP contribution in [-0.2, 0) is 0 Å². The number of methoxy groups -OCH3 is 1. The minimum Gasteiger partial charge on any atom is -0.497 e. The van der Waals surface area contributed by atoms with Crippen LogP contribution in [0.4, 0.5) is 0 Å². The summed E-state index contributed by atoms with van der Waals surface area (Å²) < 4.78 is 5.11. The lowest BCUT2D eigenvalue weighted by molar-refractivity contribution is 0.0934. The van der Waals surface area contributed by atoms with E-state index in [0.29, 0.717) is 5.56 Å². The molecule has 3 nitrogen and oxygen atoms in total. The second-order valence-electron chi connectivity index (χ2n) is 4.95. The largest absolute Gasteiger partial charge is 0.497 e.